The summed E-state index contributed by atoms with van der Waals surface area (Å²) in [6.45, 7) is 1.33. The lowest BCUT2D eigenvalue weighted by Crippen LogP contribution is -2.40. The Bertz CT molecular complexity index is 1100. The van der Waals surface area contributed by atoms with Crippen LogP contribution in [0.25, 0.3) is 0 Å². The van der Waals surface area contributed by atoms with Crippen molar-refractivity contribution >= 4 is 0 Å². The van der Waals surface area contributed by atoms with E-state index in [1.54, 1.807) is 23.1 Å². The Morgan fingerprint density at radius 2 is 1.58 bits per heavy atom. The van der Waals surface area contributed by atoms with Gasteiger partial charge in [-0.05, 0) is 17.7 Å². The summed E-state index contributed by atoms with van der Waals surface area (Å²) in [5.41, 5.74) is -3.17. The van der Waals surface area contributed by atoms with E-state index in [1.807, 2.05) is 24.3 Å². The van der Waals surface area contributed by atoms with Crippen LogP contribution in [0.2, 0.25) is 0 Å². The highest BCUT2D eigenvalue weighted by molar-refractivity contribution is 5.64. The van der Waals surface area contributed by atoms with E-state index < -0.39 is 16.7 Å². The molecule has 1 aromatic rings. The van der Waals surface area contributed by atoms with Crippen LogP contribution in [0.15, 0.2) is 29.5 Å². The largest absolute Gasteiger partial charge is 0.493 e. The second-order valence-electron chi connectivity index (χ2n) is 7.05. The van der Waals surface area contributed by atoms with Crippen LogP contribution in [-0.2, 0) is 4.74 Å². The average molecular weight is 414 g/mol. The van der Waals surface area contributed by atoms with Crippen molar-refractivity contribution in [2.75, 3.05) is 40.5 Å². The lowest BCUT2D eigenvalue weighted by atomic mass is 9.88. The van der Waals surface area contributed by atoms with Gasteiger partial charge in [-0.15, -0.1) is 0 Å². The van der Waals surface area contributed by atoms with Crippen molar-refractivity contribution in [2.45, 2.75) is 5.92 Å². The summed E-state index contributed by atoms with van der Waals surface area (Å²) in [5, 5.41) is 49.7. The molecule has 1 aliphatic carbocycles. The van der Waals surface area contributed by atoms with Crippen LogP contribution in [0.5, 0.6) is 11.5 Å². The SMILES string of the molecule is COc1ccc(C2C(C#N)(C#N)C2(C#N)C(=C(C#N)C#N)N2CCOCC2)cc1OC. The van der Waals surface area contributed by atoms with Gasteiger partial charge in [0.2, 0.25) is 0 Å². The molecule has 2 fully saturated rings. The summed E-state index contributed by atoms with van der Waals surface area (Å²) < 4.78 is 16.0. The summed E-state index contributed by atoms with van der Waals surface area (Å²) >= 11 is 0. The highest BCUT2D eigenvalue weighted by Gasteiger charge is 2.83. The first-order valence-corrected chi connectivity index (χ1v) is 9.38. The smallest absolute Gasteiger partial charge is 0.177 e. The number of methoxy groups -OCH3 is 2. The Morgan fingerprint density at radius 1 is 0.968 bits per heavy atom. The maximum atomic E-state index is 10.3. The van der Waals surface area contributed by atoms with Crippen molar-refractivity contribution in [3.8, 4) is 41.8 Å². The van der Waals surface area contributed by atoms with Gasteiger partial charge in [0.25, 0.3) is 0 Å². The number of hydrogen-bond acceptors (Lipinski definition) is 9. The maximum Gasteiger partial charge on any atom is 0.177 e. The fraction of sp³-hybridized carbons (Fsp3) is 0.409. The average Bonchev–Trinajstić information content (AvgIpc) is 3.44. The molecule has 0 N–H and O–H groups in total. The van der Waals surface area contributed by atoms with Crippen molar-refractivity contribution < 1.29 is 14.2 Å². The van der Waals surface area contributed by atoms with Gasteiger partial charge >= 0.3 is 0 Å². The van der Waals surface area contributed by atoms with E-state index in [0.717, 1.165) is 0 Å². The van der Waals surface area contributed by atoms with Gasteiger partial charge in [-0.2, -0.15) is 26.3 Å². The van der Waals surface area contributed by atoms with Crippen LogP contribution >= 0.6 is 0 Å². The molecule has 1 heterocycles. The van der Waals surface area contributed by atoms with Crippen molar-refractivity contribution in [2.24, 2.45) is 10.8 Å². The molecule has 1 saturated carbocycles. The van der Waals surface area contributed by atoms with Gasteiger partial charge in [-0.3, -0.25) is 0 Å². The molecule has 3 rings (SSSR count). The van der Waals surface area contributed by atoms with E-state index in [-0.39, 0.29) is 11.3 Å². The molecular formula is C22H18N6O3. The number of nitrogens with zero attached hydrogens (tertiary/aromatic N) is 6. The normalized spacial score (nSPS) is 23.0. The number of rotatable bonds is 5. The van der Waals surface area contributed by atoms with Crippen molar-refractivity contribution in [1.29, 1.82) is 26.3 Å². The lowest BCUT2D eigenvalue weighted by Gasteiger charge is -2.34. The molecule has 2 atom stereocenters. The number of morpholine rings is 1. The number of allylic oxidation sites excluding steroid dienone is 2. The third-order valence-electron chi connectivity index (χ3n) is 5.84. The Labute approximate surface area is 180 Å². The van der Waals surface area contributed by atoms with Crippen LogP contribution in [0.4, 0.5) is 0 Å². The molecular weight excluding hydrogens is 396 g/mol. The van der Waals surface area contributed by atoms with Crippen LogP contribution in [0.1, 0.15) is 11.5 Å². The van der Waals surface area contributed by atoms with Gasteiger partial charge in [0.05, 0.1) is 51.3 Å². The predicted octanol–water partition coefficient (Wildman–Crippen LogP) is 1.98. The zero-order valence-corrected chi connectivity index (χ0v) is 17.0. The minimum absolute atomic E-state index is 0.103. The van der Waals surface area contributed by atoms with Crippen molar-refractivity contribution in [3.05, 3.63) is 35.0 Å². The highest BCUT2D eigenvalue weighted by atomic mass is 16.5. The molecule has 0 amide bonds. The third-order valence-corrected chi connectivity index (χ3v) is 5.84. The molecule has 1 saturated heterocycles. The predicted molar refractivity (Wildman–Crippen MR) is 105 cm³/mol. The Kier molecular flexibility index (Phi) is 5.72. The zero-order chi connectivity index (χ0) is 22.6. The number of benzene rings is 1. The third kappa shape index (κ3) is 2.91. The van der Waals surface area contributed by atoms with Crippen LogP contribution in [0, 0.1) is 67.5 Å². The van der Waals surface area contributed by atoms with E-state index in [2.05, 4.69) is 6.07 Å². The van der Waals surface area contributed by atoms with Gasteiger partial charge in [-0.25, -0.2) is 0 Å². The monoisotopic (exact) mass is 414 g/mol. The van der Waals surface area contributed by atoms with E-state index >= 15 is 0 Å². The van der Waals surface area contributed by atoms with E-state index in [1.165, 1.54) is 14.2 Å². The van der Waals surface area contributed by atoms with E-state index in [9.17, 15) is 26.3 Å². The Hall–Kier alpha value is -4.23. The highest BCUT2D eigenvalue weighted by Crippen LogP contribution is 2.77. The van der Waals surface area contributed by atoms with Crippen LogP contribution in [0.3, 0.4) is 0 Å². The summed E-state index contributed by atoms with van der Waals surface area (Å²) in [5.74, 6) is -0.0665. The van der Waals surface area contributed by atoms with E-state index in [0.29, 0.717) is 43.4 Å². The maximum absolute atomic E-state index is 10.3. The standard InChI is InChI=1S/C22H18N6O3/c1-29-17-4-3-15(9-18(17)30-2)19-21(12-25,13-26)22(19,14-27)20(16(10-23)11-24)28-5-7-31-8-6-28/h3-4,9,19H,5-8H2,1-2H3. The minimum atomic E-state index is -1.78. The quantitative estimate of drug-likeness (QED) is 0.659. The molecule has 0 radical (unpaired) electrons. The molecule has 1 aromatic carbocycles. The van der Waals surface area contributed by atoms with Crippen molar-refractivity contribution in [1.82, 2.24) is 4.90 Å². The summed E-state index contributed by atoms with van der Waals surface area (Å²) in [6.07, 6.45) is 0. The molecule has 154 valence electrons. The lowest BCUT2D eigenvalue weighted by molar-refractivity contribution is 0.0482. The van der Waals surface area contributed by atoms with Gasteiger partial charge in [0, 0.05) is 19.0 Å². The molecule has 2 unspecified atom stereocenters. The molecule has 9 nitrogen and oxygen atoms in total. The number of hydrogen-bond donors (Lipinski definition) is 0. The molecule has 31 heavy (non-hydrogen) atoms. The summed E-state index contributed by atoms with van der Waals surface area (Å²) in [4.78, 5) is 1.71. The second-order valence-corrected chi connectivity index (χ2v) is 7.05. The van der Waals surface area contributed by atoms with E-state index in [4.69, 9.17) is 14.2 Å². The molecule has 0 aromatic heterocycles. The summed E-state index contributed by atoms with van der Waals surface area (Å²) in [7, 11) is 2.94. The first kappa shape index (κ1) is 21.5. The Morgan fingerprint density at radius 3 is 2.06 bits per heavy atom. The van der Waals surface area contributed by atoms with Gasteiger partial charge in [0.15, 0.2) is 22.5 Å². The topological polar surface area (TPSA) is 150 Å². The van der Waals surface area contributed by atoms with Crippen LogP contribution < -0.4 is 9.47 Å². The molecule has 2 aliphatic rings. The number of ether oxygens (including phenoxy) is 3. The van der Waals surface area contributed by atoms with Gasteiger partial charge in [0.1, 0.15) is 17.6 Å². The Balaban J connectivity index is 2.29. The van der Waals surface area contributed by atoms with Crippen molar-refractivity contribution in [3.63, 3.8) is 0 Å². The first-order chi connectivity index (χ1) is 15.0. The zero-order valence-electron chi connectivity index (χ0n) is 17.0. The summed E-state index contributed by atoms with van der Waals surface area (Å²) in [6, 6.07) is 14.8. The second kappa shape index (κ2) is 8.25. The molecule has 1 aliphatic heterocycles. The van der Waals surface area contributed by atoms with Gasteiger partial charge < -0.3 is 19.1 Å². The fourth-order valence-electron chi connectivity index (χ4n) is 4.39. The first-order valence-electron chi connectivity index (χ1n) is 9.38. The number of nitriles is 5. The fourth-order valence-corrected chi connectivity index (χ4v) is 4.39. The molecule has 0 spiro atoms. The van der Waals surface area contributed by atoms with Crippen LogP contribution in [-0.4, -0.2) is 45.4 Å². The van der Waals surface area contributed by atoms with Gasteiger partial charge in [-0.1, -0.05) is 6.07 Å². The molecule has 0 bridgehead atoms. The molecule has 9 heteroatoms. The minimum Gasteiger partial charge on any atom is -0.493 e.